The minimum Gasteiger partial charge on any atom is -0.454 e. The highest BCUT2D eigenvalue weighted by molar-refractivity contribution is 6.52. The van der Waals surface area contributed by atoms with Gasteiger partial charge in [0.15, 0.2) is 11.5 Å². The number of para-hydroxylation sites is 1. The first kappa shape index (κ1) is 25.5. The van der Waals surface area contributed by atoms with Gasteiger partial charge in [-0.05, 0) is 43.2 Å². The molecule has 0 spiro atoms. The minimum atomic E-state index is -1.30. The van der Waals surface area contributed by atoms with Crippen LogP contribution in [-0.4, -0.2) is 47.3 Å². The Morgan fingerprint density at radius 2 is 1.68 bits per heavy atom. The number of amides is 3. The van der Waals surface area contributed by atoms with Gasteiger partial charge in [-0.25, -0.2) is 4.39 Å². The Labute approximate surface area is 229 Å². The van der Waals surface area contributed by atoms with Gasteiger partial charge in [0, 0.05) is 23.9 Å². The summed E-state index contributed by atoms with van der Waals surface area (Å²) >= 11 is 0. The molecule has 40 heavy (non-hydrogen) atoms. The molecule has 2 aliphatic heterocycles. The molecule has 1 N–H and O–H groups in total. The van der Waals surface area contributed by atoms with E-state index in [1.165, 1.54) is 17.0 Å². The van der Waals surface area contributed by atoms with Gasteiger partial charge in [-0.1, -0.05) is 43.2 Å². The molecule has 1 saturated carbocycles. The Morgan fingerprint density at radius 1 is 0.950 bits per heavy atom. The molecule has 9 nitrogen and oxygen atoms in total. The van der Waals surface area contributed by atoms with E-state index < -0.39 is 41.4 Å². The Balaban J connectivity index is 1.34. The lowest BCUT2D eigenvalue weighted by Crippen LogP contribution is -2.59. The number of ether oxygens (including phenoxy) is 2. The van der Waals surface area contributed by atoms with Crippen LogP contribution in [0.3, 0.4) is 0 Å². The molecule has 3 amide bonds. The highest BCUT2D eigenvalue weighted by Gasteiger charge is 2.49. The lowest BCUT2D eigenvalue weighted by atomic mass is 9.92. The number of carbonyl (C=O) groups is 4. The zero-order valence-electron chi connectivity index (χ0n) is 21.5. The van der Waals surface area contributed by atoms with Gasteiger partial charge in [0.25, 0.3) is 11.7 Å². The summed E-state index contributed by atoms with van der Waals surface area (Å²) in [5.74, 6) is -1.95. The maximum absolute atomic E-state index is 14.8. The van der Waals surface area contributed by atoms with Crippen LogP contribution in [0.2, 0.25) is 0 Å². The first-order valence-electron chi connectivity index (χ1n) is 13.1. The van der Waals surface area contributed by atoms with Gasteiger partial charge in [-0.3, -0.25) is 24.1 Å². The van der Waals surface area contributed by atoms with Crippen molar-refractivity contribution in [1.29, 1.82) is 0 Å². The molecule has 0 saturated heterocycles. The first-order valence-corrected chi connectivity index (χ1v) is 13.1. The average molecular weight is 544 g/mol. The van der Waals surface area contributed by atoms with Gasteiger partial charge in [0.1, 0.15) is 17.9 Å². The number of nitrogens with one attached hydrogen (secondary N) is 1. The number of ketones is 1. The fourth-order valence-corrected chi connectivity index (χ4v) is 5.70. The van der Waals surface area contributed by atoms with Gasteiger partial charge in [0.2, 0.25) is 18.6 Å². The molecule has 204 valence electrons. The summed E-state index contributed by atoms with van der Waals surface area (Å²) in [6.07, 6.45) is 2.07. The maximum atomic E-state index is 14.8. The Bertz CT molecular complexity index is 1530. The number of benzene rings is 3. The maximum Gasteiger partial charge on any atom is 0.299 e. The number of hydrogen-bond donors (Lipinski definition) is 1. The van der Waals surface area contributed by atoms with E-state index in [4.69, 9.17) is 9.47 Å². The van der Waals surface area contributed by atoms with Crippen LogP contribution in [-0.2, 0) is 20.9 Å². The smallest absolute Gasteiger partial charge is 0.299 e. The Kier molecular flexibility index (Phi) is 6.45. The highest BCUT2D eigenvalue weighted by Crippen LogP contribution is 2.40. The molecule has 3 aromatic rings. The summed E-state index contributed by atoms with van der Waals surface area (Å²) in [7, 11) is 0. The van der Waals surface area contributed by atoms with Crippen molar-refractivity contribution < 1.29 is 33.0 Å². The second-order valence-electron chi connectivity index (χ2n) is 10.1. The third-order valence-electron chi connectivity index (χ3n) is 7.76. The summed E-state index contributed by atoms with van der Waals surface area (Å²) in [5.41, 5.74) is -0.0449. The van der Waals surface area contributed by atoms with Crippen LogP contribution >= 0.6 is 0 Å². The van der Waals surface area contributed by atoms with Crippen molar-refractivity contribution in [2.75, 3.05) is 23.6 Å². The van der Waals surface area contributed by atoms with Crippen molar-refractivity contribution in [2.45, 2.75) is 37.8 Å². The molecule has 1 fully saturated rings. The van der Waals surface area contributed by atoms with E-state index >= 15 is 0 Å². The van der Waals surface area contributed by atoms with Crippen LogP contribution in [0, 0.1) is 5.82 Å². The van der Waals surface area contributed by atoms with Crippen LogP contribution in [0.5, 0.6) is 11.5 Å². The Hall–Kier alpha value is -4.73. The standard InChI is InChI=1S/C30H26FN3O6/c31-22-9-3-1-7-19(22)16-34(26(35)17-33-23-10-4-2-8-21(23)27(36)28(33)37)30(13-5-6-14-30)29(38)32-20-11-12-24-25(15-20)40-18-39-24/h1-4,7-12,15H,5-6,13-14,16-18H2,(H,32,38). The molecule has 0 bridgehead atoms. The number of fused-ring (bicyclic) bond motifs is 2. The van der Waals surface area contributed by atoms with Gasteiger partial charge >= 0.3 is 0 Å². The first-order chi connectivity index (χ1) is 19.4. The molecule has 1 aliphatic carbocycles. The van der Waals surface area contributed by atoms with E-state index in [9.17, 15) is 23.6 Å². The van der Waals surface area contributed by atoms with E-state index in [0.29, 0.717) is 48.6 Å². The van der Waals surface area contributed by atoms with Crippen molar-refractivity contribution in [3.63, 3.8) is 0 Å². The number of hydrogen-bond acceptors (Lipinski definition) is 6. The van der Waals surface area contributed by atoms with Crippen LogP contribution < -0.4 is 19.7 Å². The molecule has 0 unspecified atom stereocenters. The number of nitrogens with zero attached hydrogens (tertiary/aromatic N) is 2. The van der Waals surface area contributed by atoms with Crippen LogP contribution in [0.4, 0.5) is 15.8 Å². The van der Waals surface area contributed by atoms with Crippen molar-refractivity contribution in [1.82, 2.24) is 4.90 Å². The molecule has 3 aliphatic rings. The number of halogens is 1. The molecule has 2 heterocycles. The highest BCUT2D eigenvalue weighted by atomic mass is 19.1. The molecule has 6 rings (SSSR count). The third-order valence-corrected chi connectivity index (χ3v) is 7.76. The van der Waals surface area contributed by atoms with Crippen molar-refractivity contribution in [3.05, 3.63) is 83.7 Å². The molecule has 0 aromatic heterocycles. The quantitative estimate of drug-likeness (QED) is 0.451. The van der Waals surface area contributed by atoms with E-state index in [1.54, 1.807) is 54.6 Å². The van der Waals surface area contributed by atoms with E-state index in [0.717, 1.165) is 4.90 Å². The van der Waals surface area contributed by atoms with Gasteiger partial charge in [-0.15, -0.1) is 0 Å². The molecule has 0 radical (unpaired) electrons. The molecule has 0 atom stereocenters. The monoisotopic (exact) mass is 543 g/mol. The number of carbonyl (C=O) groups excluding carboxylic acids is 4. The average Bonchev–Trinajstić information content (AvgIpc) is 3.69. The van der Waals surface area contributed by atoms with Crippen LogP contribution in [0.1, 0.15) is 41.6 Å². The third kappa shape index (κ3) is 4.35. The zero-order chi connectivity index (χ0) is 27.9. The summed E-state index contributed by atoms with van der Waals surface area (Å²) in [6, 6.07) is 17.6. The van der Waals surface area contributed by atoms with Crippen molar-refractivity contribution in [3.8, 4) is 11.5 Å². The van der Waals surface area contributed by atoms with Gasteiger partial charge in [0.05, 0.1) is 11.3 Å². The lowest BCUT2D eigenvalue weighted by molar-refractivity contribution is -0.145. The minimum absolute atomic E-state index is 0.0858. The van der Waals surface area contributed by atoms with Crippen molar-refractivity contribution in [2.24, 2.45) is 0 Å². The van der Waals surface area contributed by atoms with E-state index in [-0.39, 0.29) is 24.5 Å². The normalized spacial score (nSPS) is 16.7. The Morgan fingerprint density at radius 3 is 2.48 bits per heavy atom. The summed E-state index contributed by atoms with van der Waals surface area (Å²) in [5, 5.41) is 2.92. The molecule has 10 heteroatoms. The van der Waals surface area contributed by atoms with Crippen LogP contribution in [0.15, 0.2) is 66.7 Å². The van der Waals surface area contributed by atoms with E-state index in [1.807, 2.05) is 0 Å². The number of rotatable bonds is 7. The summed E-state index contributed by atoms with van der Waals surface area (Å²) in [6.45, 7) is -0.560. The second kappa shape index (κ2) is 10.1. The molecule has 3 aromatic carbocycles. The van der Waals surface area contributed by atoms with Gasteiger partial charge in [-0.2, -0.15) is 0 Å². The summed E-state index contributed by atoms with van der Waals surface area (Å²) < 4.78 is 25.6. The number of Topliss-reactive ketones (excluding diaryl/α,β-unsaturated/α-hetero) is 1. The SMILES string of the molecule is O=C1C(=O)N(CC(=O)N(Cc2ccccc2F)C2(C(=O)Nc3ccc4c(c3)OCO4)CCCC2)c2ccccc21. The molecular formula is C30H26FN3O6. The lowest BCUT2D eigenvalue weighted by Gasteiger charge is -2.41. The fraction of sp³-hybridized carbons (Fsp3) is 0.267. The second-order valence-corrected chi connectivity index (χ2v) is 10.1. The van der Waals surface area contributed by atoms with Crippen molar-refractivity contribution >= 4 is 34.9 Å². The zero-order valence-corrected chi connectivity index (χ0v) is 21.5. The fourth-order valence-electron chi connectivity index (χ4n) is 5.70. The topological polar surface area (TPSA) is 105 Å². The summed E-state index contributed by atoms with van der Waals surface area (Å²) in [4.78, 5) is 56.0. The van der Waals surface area contributed by atoms with E-state index in [2.05, 4.69) is 5.32 Å². The van der Waals surface area contributed by atoms with Crippen LogP contribution in [0.25, 0.3) is 0 Å². The van der Waals surface area contributed by atoms with Gasteiger partial charge < -0.3 is 19.7 Å². The predicted molar refractivity (Wildman–Crippen MR) is 142 cm³/mol. The predicted octanol–water partition coefficient (Wildman–Crippen LogP) is 4.06. The number of anilines is 2. The largest absolute Gasteiger partial charge is 0.454 e. The molecular weight excluding hydrogens is 517 g/mol.